The van der Waals surface area contributed by atoms with E-state index >= 15 is 0 Å². The lowest BCUT2D eigenvalue weighted by atomic mass is 9.65. The van der Waals surface area contributed by atoms with Gasteiger partial charge in [0.25, 0.3) is 0 Å². The number of nitrogens with one attached hydrogen (secondary N) is 1. The SMILES string of the molecule is CNC1C2N(C)CC23CC1(C)c1cc(OC)ccc13. The molecule has 2 bridgehead atoms. The highest BCUT2D eigenvalue weighted by atomic mass is 16.5. The maximum atomic E-state index is 5.43. The van der Waals surface area contributed by atoms with Gasteiger partial charge >= 0.3 is 0 Å². The minimum Gasteiger partial charge on any atom is -0.497 e. The fourth-order valence-electron chi connectivity index (χ4n) is 5.43. The van der Waals surface area contributed by atoms with Gasteiger partial charge in [-0.05, 0) is 43.8 Å². The van der Waals surface area contributed by atoms with Crippen LogP contribution in [-0.4, -0.2) is 44.7 Å². The molecule has 19 heavy (non-hydrogen) atoms. The van der Waals surface area contributed by atoms with Crippen LogP contribution in [-0.2, 0) is 10.8 Å². The van der Waals surface area contributed by atoms with Gasteiger partial charge in [0.15, 0.2) is 0 Å². The minimum absolute atomic E-state index is 0.244. The van der Waals surface area contributed by atoms with E-state index in [0.29, 0.717) is 17.5 Å². The van der Waals surface area contributed by atoms with E-state index in [-0.39, 0.29) is 5.41 Å². The number of methoxy groups -OCH3 is 1. The molecule has 1 heterocycles. The molecule has 1 saturated carbocycles. The molecule has 0 amide bonds. The second-order valence-corrected chi connectivity index (χ2v) is 6.79. The zero-order valence-electron chi connectivity index (χ0n) is 12.2. The molecule has 102 valence electrons. The van der Waals surface area contributed by atoms with Gasteiger partial charge in [-0.25, -0.2) is 0 Å². The van der Waals surface area contributed by atoms with Crippen molar-refractivity contribution in [2.24, 2.45) is 0 Å². The third-order valence-corrected chi connectivity index (χ3v) is 5.95. The first-order chi connectivity index (χ1) is 9.06. The number of likely N-dealkylation sites (tertiary alicyclic amines) is 1. The summed E-state index contributed by atoms with van der Waals surface area (Å²) in [7, 11) is 6.12. The molecule has 0 radical (unpaired) electrons. The molecule has 1 aliphatic heterocycles. The Labute approximate surface area is 114 Å². The third kappa shape index (κ3) is 1.09. The summed E-state index contributed by atoms with van der Waals surface area (Å²) in [6.45, 7) is 3.62. The van der Waals surface area contributed by atoms with Gasteiger partial charge in [-0.1, -0.05) is 13.0 Å². The summed E-state index contributed by atoms with van der Waals surface area (Å²) >= 11 is 0. The van der Waals surface area contributed by atoms with E-state index < -0.39 is 0 Å². The fourth-order valence-corrected chi connectivity index (χ4v) is 5.43. The van der Waals surface area contributed by atoms with E-state index in [0.717, 1.165) is 5.75 Å². The van der Waals surface area contributed by atoms with Crippen LogP contribution in [0.1, 0.15) is 24.5 Å². The number of hydrogen-bond acceptors (Lipinski definition) is 3. The van der Waals surface area contributed by atoms with Gasteiger partial charge in [-0.2, -0.15) is 0 Å². The molecule has 4 unspecified atom stereocenters. The number of rotatable bonds is 2. The van der Waals surface area contributed by atoms with Crippen LogP contribution in [0.4, 0.5) is 0 Å². The number of likely N-dealkylation sites (N-methyl/N-ethyl adjacent to an activating group) is 2. The van der Waals surface area contributed by atoms with Crippen LogP contribution in [0.3, 0.4) is 0 Å². The highest BCUT2D eigenvalue weighted by molar-refractivity contribution is 5.58. The molecule has 0 aromatic heterocycles. The molecule has 3 nitrogen and oxygen atoms in total. The standard InChI is InChI=1S/C16H22N2O/c1-15-8-16(9-18(3)14(16)13(15)17-2)11-6-5-10(19-4)7-12(11)15/h5-7,13-14,17H,8-9H2,1-4H3. The fraction of sp³-hybridized carbons (Fsp3) is 0.625. The van der Waals surface area contributed by atoms with E-state index in [4.69, 9.17) is 4.74 Å². The summed E-state index contributed by atoms with van der Waals surface area (Å²) in [4.78, 5) is 2.51. The van der Waals surface area contributed by atoms with Gasteiger partial charge in [0, 0.05) is 29.5 Å². The van der Waals surface area contributed by atoms with E-state index in [9.17, 15) is 0 Å². The summed E-state index contributed by atoms with van der Waals surface area (Å²) < 4.78 is 5.43. The second-order valence-electron chi connectivity index (χ2n) is 6.79. The van der Waals surface area contributed by atoms with Crippen molar-refractivity contribution < 1.29 is 4.74 Å². The molecular formula is C16H22N2O. The molecule has 1 N–H and O–H groups in total. The number of nitrogens with zero attached hydrogens (tertiary/aromatic N) is 1. The molecule has 4 atom stereocenters. The van der Waals surface area contributed by atoms with Crippen molar-refractivity contribution in [1.29, 1.82) is 0 Å². The molecule has 1 spiro atoms. The van der Waals surface area contributed by atoms with E-state index in [1.807, 2.05) is 0 Å². The predicted octanol–water partition coefficient (Wildman–Crippen LogP) is 1.51. The normalized spacial score (nSPS) is 42.7. The third-order valence-electron chi connectivity index (χ3n) is 5.95. The molecule has 2 fully saturated rings. The molecule has 1 aromatic rings. The van der Waals surface area contributed by atoms with Gasteiger partial charge < -0.3 is 10.1 Å². The van der Waals surface area contributed by atoms with Crippen LogP contribution in [0.5, 0.6) is 5.75 Å². The van der Waals surface area contributed by atoms with Crippen molar-refractivity contribution in [2.45, 2.75) is 36.3 Å². The summed E-state index contributed by atoms with van der Waals surface area (Å²) in [5, 5.41) is 3.59. The first kappa shape index (κ1) is 11.7. The predicted molar refractivity (Wildman–Crippen MR) is 75.9 cm³/mol. The zero-order valence-corrected chi connectivity index (χ0v) is 12.2. The first-order valence-electron chi connectivity index (χ1n) is 7.13. The van der Waals surface area contributed by atoms with Gasteiger partial charge in [0.2, 0.25) is 0 Å². The topological polar surface area (TPSA) is 24.5 Å². The average Bonchev–Trinajstić information content (AvgIpc) is 2.79. The van der Waals surface area contributed by atoms with E-state index in [1.54, 1.807) is 12.7 Å². The lowest BCUT2D eigenvalue weighted by Crippen LogP contribution is -2.70. The highest BCUT2D eigenvalue weighted by Crippen LogP contribution is 2.66. The summed E-state index contributed by atoms with van der Waals surface area (Å²) in [6, 6.07) is 7.91. The number of benzene rings is 1. The zero-order chi connectivity index (χ0) is 13.4. The average molecular weight is 258 g/mol. The Morgan fingerprint density at radius 1 is 1.37 bits per heavy atom. The maximum Gasteiger partial charge on any atom is 0.119 e. The lowest BCUT2D eigenvalue weighted by molar-refractivity contribution is 0.0150. The molecule has 2 aliphatic carbocycles. The Morgan fingerprint density at radius 2 is 2.16 bits per heavy atom. The Balaban J connectivity index is 1.93. The second kappa shape index (κ2) is 3.33. The van der Waals surface area contributed by atoms with Crippen LogP contribution in [0.15, 0.2) is 18.2 Å². The summed E-state index contributed by atoms with van der Waals surface area (Å²) in [6.07, 6.45) is 1.28. The maximum absolute atomic E-state index is 5.43. The molecule has 4 rings (SSSR count). The monoisotopic (exact) mass is 258 g/mol. The van der Waals surface area contributed by atoms with Gasteiger partial charge in [-0.3, -0.25) is 4.90 Å². The van der Waals surface area contributed by atoms with Crippen molar-refractivity contribution in [3.63, 3.8) is 0 Å². The Hall–Kier alpha value is -1.06. The van der Waals surface area contributed by atoms with Gasteiger partial charge in [-0.15, -0.1) is 0 Å². The van der Waals surface area contributed by atoms with Crippen LogP contribution in [0.25, 0.3) is 0 Å². The van der Waals surface area contributed by atoms with Crippen molar-refractivity contribution in [3.8, 4) is 5.75 Å². The van der Waals surface area contributed by atoms with Crippen LogP contribution < -0.4 is 10.1 Å². The van der Waals surface area contributed by atoms with Crippen LogP contribution >= 0.6 is 0 Å². The minimum atomic E-state index is 0.244. The Kier molecular flexibility index (Phi) is 2.06. The highest BCUT2D eigenvalue weighted by Gasteiger charge is 2.71. The van der Waals surface area contributed by atoms with Crippen molar-refractivity contribution in [1.82, 2.24) is 10.2 Å². The summed E-state index contributed by atoms with van der Waals surface area (Å²) in [5.74, 6) is 0.989. The van der Waals surface area contributed by atoms with Crippen molar-refractivity contribution in [3.05, 3.63) is 29.3 Å². The molecular weight excluding hydrogens is 236 g/mol. The summed E-state index contributed by atoms with van der Waals surface area (Å²) in [5.41, 5.74) is 3.72. The largest absolute Gasteiger partial charge is 0.497 e. The quantitative estimate of drug-likeness (QED) is 0.870. The van der Waals surface area contributed by atoms with Gasteiger partial charge in [0.05, 0.1) is 7.11 Å². The van der Waals surface area contributed by atoms with Crippen molar-refractivity contribution >= 4 is 0 Å². The Morgan fingerprint density at radius 3 is 2.79 bits per heavy atom. The molecule has 1 saturated heterocycles. The molecule has 3 aliphatic rings. The van der Waals surface area contributed by atoms with Crippen molar-refractivity contribution in [2.75, 3.05) is 27.7 Å². The molecule has 3 heteroatoms. The number of ether oxygens (including phenoxy) is 1. The van der Waals surface area contributed by atoms with E-state index in [2.05, 4.69) is 49.4 Å². The van der Waals surface area contributed by atoms with Gasteiger partial charge in [0.1, 0.15) is 5.75 Å². The number of fused-ring (bicyclic) bond motifs is 3. The van der Waals surface area contributed by atoms with E-state index in [1.165, 1.54) is 18.5 Å². The number of hydrogen-bond donors (Lipinski definition) is 1. The van der Waals surface area contributed by atoms with Crippen LogP contribution in [0, 0.1) is 0 Å². The Bertz CT molecular complexity index is 558. The lowest BCUT2D eigenvalue weighted by Gasteiger charge is -2.56. The molecule has 1 aromatic carbocycles. The van der Waals surface area contributed by atoms with Crippen LogP contribution in [0.2, 0.25) is 0 Å². The smallest absolute Gasteiger partial charge is 0.119 e. The first-order valence-corrected chi connectivity index (χ1v) is 7.13.